The molecule has 0 amide bonds. The molecule has 1 unspecified atom stereocenters. The van der Waals surface area contributed by atoms with Crippen LogP contribution in [0, 0.1) is 11.7 Å². The Morgan fingerprint density at radius 1 is 1.56 bits per heavy atom. The number of benzene rings is 1. The maximum absolute atomic E-state index is 13.7. The summed E-state index contributed by atoms with van der Waals surface area (Å²) in [5.74, 6) is -1.24. The fraction of sp³-hybridized carbons (Fsp3) is 0.417. The van der Waals surface area contributed by atoms with E-state index in [4.69, 9.17) is 4.74 Å². The lowest BCUT2D eigenvalue weighted by Crippen LogP contribution is -2.23. The zero-order chi connectivity index (χ0) is 11.7. The van der Waals surface area contributed by atoms with Crippen molar-refractivity contribution in [1.29, 1.82) is 0 Å². The second-order valence-electron chi connectivity index (χ2n) is 3.97. The van der Waals surface area contributed by atoms with Gasteiger partial charge in [-0.25, -0.2) is 4.39 Å². The summed E-state index contributed by atoms with van der Waals surface area (Å²) in [5, 5.41) is 9.64. The van der Waals surface area contributed by atoms with E-state index >= 15 is 0 Å². The molecule has 0 aromatic heterocycles. The highest BCUT2D eigenvalue weighted by atomic mass is 19.1. The van der Waals surface area contributed by atoms with Gasteiger partial charge in [-0.3, -0.25) is 4.79 Å². The molecule has 0 heterocycles. The molecule has 1 aliphatic carbocycles. The fourth-order valence-corrected chi connectivity index (χ4v) is 1.64. The molecular formula is C12H13FO3. The molecule has 1 N–H and O–H groups in total. The second-order valence-corrected chi connectivity index (χ2v) is 3.97. The van der Waals surface area contributed by atoms with Crippen LogP contribution in [0.1, 0.15) is 23.2 Å². The van der Waals surface area contributed by atoms with Gasteiger partial charge >= 0.3 is 0 Å². The van der Waals surface area contributed by atoms with Crippen molar-refractivity contribution in [3.05, 3.63) is 29.6 Å². The predicted octanol–water partition coefficient (Wildman–Crippen LogP) is 1.79. The number of Topliss-reactive ketones (excluding diaryl/α,β-unsaturated/α-hetero) is 1. The Kier molecular flexibility index (Phi) is 2.92. The number of aliphatic hydroxyl groups is 1. The summed E-state index contributed by atoms with van der Waals surface area (Å²) in [6, 6.07) is 4.34. The largest absolute Gasteiger partial charge is 0.494 e. The minimum Gasteiger partial charge on any atom is -0.494 e. The van der Waals surface area contributed by atoms with Gasteiger partial charge in [-0.1, -0.05) is 6.07 Å². The molecular weight excluding hydrogens is 211 g/mol. The highest BCUT2D eigenvalue weighted by Gasteiger charge is 2.36. The van der Waals surface area contributed by atoms with Crippen LogP contribution in [0.4, 0.5) is 4.39 Å². The third kappa shape index (κ3) is 1.93. The smallest absolute Gasteiger partial charge is 0.194 e. The van der Waals surface area contributed by atoms with E-state index in [0.717, 1.165) is 12.8 Å². The number of rotatable bonds is 4. The number of methoxy groups -OCH3 is 1. The van der Waals surface area contributed by atoms with E-state index in [-0.39, 0.29) is 17.2 Å². The van der Waals surface area contributed by atoms with E-state index in [1.807, 2.05) is 0 Å². The number of halogens is 1. The average molecular weight is 224 g/mol. The van der Waals surface area contributed by atoms with Gasteiger partial charge in [0.1, 0.15) is 6.10 Å². The maximum Gasteiger partial charge on any atom is 0.194 e. The Labute approximate surface area is 92.9 Å². The number of hydrogen-bond donors (Lipinski definition) is 1. The first-order chi connectivity index (χ1) is 7.65. The van der Waals surface area contributed by atoms with Gasteiger partial charge in [0.2, 0.25) is 0 Å². The molecule has 1 aliphatic rings. The Balaban J connectivity index is 2.28. The molecule has 1 aromatic rings. The molecule has 0 saturated heterocycles. The summed E-state index contributed by atoms with van der Waals surface area (Å²) in [6.07, 6.45) is 0.582. The number of aliphatic hydroxyl groups excluding tert-OH is 1. The molecule has 0 radical (unpaired) electrons. The van der Waals surface area contributed by atoms with E-state index in [0.29, 0.717) is 0 Å². The summed E-state index contributed by atoms with van der Waals surface area (Å²) in [7, 11) is 1.34. The number of carbonyl (C=O) groups is 1. The van der Waals surface area contributed by atoms with Gasteiger partial charge in [0.25, 0.3) is 0 Å². The minimum atomic E-state index is -1.08. The molecule has 3 nitrogen and oxygen atoms in total. The van der Waals surface area contributed by atoms with Crippen LogP contribution >= 0.6 is 0 Å². The summed E-state index contributed by atoms with van der Waals surface area (Å²) in [5.41, 5.74) is -0.0984. The van der Waals surface area contributed by atoms with Crippen LogP contribution in [0.2, 0.25) is 0 Å². The van der Waals surface area contributed by atoms with Crippen molar-refractivity contribution < 1.29 is 19.0 Å². The van der Waals surface area contributed by atoms with Crippen molar-refractivity contribution in [2.24, 2.45) is 5.92 Å². The van der Waals surface area contributed by atoms with Crippen molar-refractivity contribution in [3.63, 3.8) is 0 Å². The maximum atomic E-state index is 13.7. The van der Waals surface area contributed by atoms with Crippen LogP contribution in [-0.4, -0.2) is 24.1 Å². The van der Waals surface area contributed by atoms with E-state index in [2.05, 4.69) is 0 Å². The molecule has 16 heavy (non-hydrogen) atoms. The Morgan fingerprint density at radius 3 is 2.81 bits per heavy atom. The molecule has 1 atom stereocenters. The van der Waals surface area contributed by atoms with Crippen LogP contribution in [0.3, 0.4) is 0 Å². The number of hydrogen-bond acceptors (Lipinski definition) is 3. The lowest BCUT2D eigenvalue weighted by molar-refractivity contribution is 0.0699. The van der Waals surface area contributed by atoms with Gasteiger partial charge in [-0.05, 0) is 30.9 Å². The summed E-state index contributed by atoms with van der Waals surface area (Å²) < 4.78 is 18.5. The number of ether oxygens (including phenoxy) is 1. The van der Waals surface area contributed by atoms with Crippen molar-refractivity contribution in [2.75, 3.05) is 7.11 Å². The summed E-state index contributed by atoms with van der Waals surface area (Å²) in [6.45, 7) is 0. The van der Waals surface area contributed by atoms with Crippen molar-refractivity contribution in [1.82, 2.24) is 0 Å². The fourth-order valence-electron chi connectivity index (χ4n) is 1.64. The molecule has 0 aliphatic heterocycles. The highest BCUT2D eigenvalue weighted by Crippen LogP contribution is 2.34. The van der Waals surface area contributed by atoms with Gasteiger partial charge in [-0.2, -0.15) is 0 Å². The van der Waals surface area contributed by atoms with Crippen LogP contribution in [0.15, 0.2) is 18.2 Å². The SMILES string of the molecule is COc1cccc(C(=O)C(O)C2CC2)c1F. The van der Waals surface area contributed by atoms with Gasteiger partial charge in [0.05, 0.1) is 12.7 Å². The average Bonchev–Trinajstić information content (AvgIpc) is 3.11. The molecule has 1 fully saturated rings. The molecule has 2 rings (SSSR count). The number of carbonyl (C=O) groups excluding carboxylic acids is 1. The van der Waals surface area contributed by atoms with Crippen molar-refractivity contribution in [3.8, 4) is 5.75 Å². The Morgan fingerprint density at radius 2 is 2.25 bits per heavy atom. The predicted molar refractivity (Wildman–Crippen MR) is 56.0 cm³/mol. The topological polar surface area (TPSA) is 46.5 Å². The normalized spacial score (nSPS) is 16.9. The summed E-state index contributed by atoms with van der Waals surface area (Å²) >= 11 is 0. The molecule has 1 aromatic carbocycles. The Bertz CT molecular complexity index is 413. The second kappa shape index (κ2) is 4.22. The van der Waals surface area contributed by atoms with Gasteiger partial charge in [-0.15, -0.1) is 0 Å². The van der Waals surface area contributed by atoms with Crippen LogP contribution < -0.4 is 4.74 Å². The third-order valence-corrected chi connectivity index (χ3v) is 2.79. The van der Waals surface area contributed by atoms with E-state index in [1.165, 1.54) is 25.3 Å². The van der Waals surface area contributed by atoms with Gasteiger partial charge in [0, 0.05) is 0 Å². The van der Waals surface area contributed by atoms with E-state index in [9.17, 15) is 14.3 Å². The zero-order valence-corrected chi connectivity index (χ0v) is 8.94. The molecule has 0 spiro atoms. The van der Waals surface area contributed by atoms with Gasteiger partial charge in [0.15, 0.2) is 17.3 Å². The highest BCUT2D eigenvalue weighted by molar-refractivity contribution is 6.00. The molecule has 86 valence electrons. The van der Waals surface area contributed by atoms with Gasteiger partial charge < -0.3 is 9.84 Å². The third-order valence-electron chi connectivity index (χ3n) is 2.79. The van der Waals surface area contributed by atoms with E-state index in [1.54, 1.807) is 0 Å². The van der Waals surface area contributed by atoms with Crippen LogP contribution in [-0.2, 0) is 0 Å². The van der Waals surface area contributed by atoms with Crippen molar-refractivity contribution >= 4 is 5.78 Å². The van der Waals surface area contributed by atoms with Crippen LogP contribution in [0.25, 0.3) is 0 Å². The standard InChI is InChI=1S/C12H13FO3/c1-16-9-4-2-3-8(10(9)13)12(15)11(14)7-5-6-7/h2-4,7,11,14H,5-6H2,1H3. The Hall–Kier alpha value is -1.42. The van der Waals surface area contributed by atoms with Crippen LogP contribution in [0.5, 0.6) is 5.75 Å². The molecule has 4 heteroatoms. The quantitative estimate of drug-likeness (QED) is 0.793. The first-order valence-electron chi connectivity index (χ1n) is 5.20. The monoisotopic (exact) mass is 224 g/mol. The lowest BCUT2D eigenvalue weighted by Gasteiger charge is -2.10. The van der Waals surface area contributed by atoms with E-state index < -0.39 is 17.7 Å². The lowest BCUT2D eigenvalue weighted by atomic mass is 10.0. The zero-order valence-electron chi connectivity index (χ0n) is 8.94. The number of ketones is 1. The minimum absolute atomic E-state index is 0.00176. The first kappa shape index (κ1) is 11.1. The first-order valence-corrected chi connectivity index (χ1v) is 5.20. The molecule has 1 saturated carbocycles. The van der Waals surface area contributed by atoms with Crippen molar-refractivity contribution in [2.45, 2.75) is 18.9 Å². The molecule has 0 bridgehead atoms. The summed E-state index contributed by atoms with van der Waals surface area (Å²) in [4.78, 5) is 11.8.